The summed E-state index contributed by atoms with van der Waals surface area (Å²) >= 11 is 0. The monoisotopic (exact) mass is 355 g/mol. The molecular weight excluding hydrogens is 338 g/mol. The lowest BCUT2D eigenvalue weighted by atomic mass is 10.1. The number of nitrogens with one attached hydrogen (secondary N) is 1. The maximum atomic E-state index is 11.9. The van der Waals surface area contributed by atoms with E-state index in [2.05, 4.69) is 5.32 Å². The van der Waals surface area contributed by atoms with Crippen LogP contribution in [-0.2, 0) is 4.79 Å². The molecule has 0 saturated heterocycles. The lowest BCUT2D eigenvalue weighted by Crippen LogP contribution is -2.30. The molecule has 1 aromatic heterocycles. The predicted octanol–water partition coefficient (Wildman–Crippen LogP) is 3.29. The second kappa shape index (κ2) is 7.98. The molecule has 0 aliphatic rings. The second-order valence-electron chi connectivity index (χ2n) is 5.64. The van der Waals surface area contributed by atoms with Crippen molar-refractivity contribution in [2.75, 3.05) is 7.11 Å². The molecule has 1 heterocycles. The zero-order chi connectivity index (χ0) is 19.3. The number of furan rings is 1. The number of ether oxygens (including phenoxy) is 1. The van der Waals surface area contributed by atoms with Gasteiger partial charge in [0.1, 0.15) is 28.9 Å². The topological polar surface area (TPSA) is 118 Å². The van der Waals surface area contributed by atoms with Crippen molar-refractivity contribution in [2.45, 2.75) is 19.9 Å². The van der Waals surface area contributed by atoms with Crippen LogP contribution in [0.15, 0.2) is 40.3 Å². The van der Waals surface area contributed by atoms with Gasteiger partial charge in [0.05, 0.1) is 23.7 Å². The summed E-state index contributed by atoms with van der Waals surface area (Å²) < 4.78 is 10.8. The number of carbonyl (C=O) groups is 1. The molecule has 1 N–H and O–H groups in total. The zero-order valence-corrected chi connectivity index (χ0v) is 14.5. The third kappa shape index (κ3) is 4.27. The standard InChI is InChI=1S/C18H17N3O5/c1-11(2)20-18(22)12(10-19)8-14-5-7-16(26-14)15-6-4-13(21(23)24)9-17(15)25-3/h4-9,11H,1-3H3,(H,20,22)/b12-8-. The molecule has 1 aromatic carbocycles. The Morgan fingerprint density at radius 3 is 2.69 bits per heavy atom. The Kier molecular flexibility index (Phi) is 5.75. The average Bonchev–Trinajstić information content (AvgIpc) is 3.06. The van der Waals surface area contributed by atoms with Crippen molar-refractivity contribution in [2.24, 2.45) is 0 Å². The van der Waals surface area contributed by atoms with E-state index >= 15 is 0 Å². The maximum absolute atomic E-state index is 11.9. The van der Waals surface area contributed by atoms with E-state index in [0.29, 0.717) is 17.1 Å². The minimum atomic E-state index is -0.519. The number of nitro benzene ring substituents is 1. The number of non-ortho nitro benzene ring substituents is 1. The van der Waals surface area contributed by atoms with Crippen molar-refractivity contribution in [1.82, 2.24) is 5.32 Å². The molecule has 2 aromatic rings. The fraction of sp³-hybridized carbons (Fsp3) is 0.222. The van der Waals surface area contributed by atoms with E-state index in [0.717, 1.165) is 0 Å². The molecule has 0 bridgehead atoms. The van der Waals surface area contributed by atoms with Crippen LogP contribution in [0.5, 0.6) is 5.75 Å². The molecule has 0 fully saturated rings. The van der Waals surface area contributed by atoms with Gasteiger partial charge in [-0.15, -0.1) is 0 Å². The van der Waals surface area contributed by atoms with Gasteiger partial charge in [0, 0.05) is 18.2 Å². The Labute approximate surface area is 149 Å². The van der Waals surface area contributed by atoms with Crippen LogP contribution in [0.3, 0.4) is 0 Å². The Bertz CT molecular complexity index is 906. The summed E-state index contributed by atoms with van der Waals surface area (Å²) in [5, 5.41) is 22.7. The van der Waals surface area contributed by atoms with Crippen LogP contribution in [0.25, 0.3) is 17.4 Å². The molecule has 0 aliphatic carbocycles. The van der Waals surface area contributed by atoms with Gasteiger partial charge in [-0.3, -0.25) is 14.9 Å². The number of nitro groups is 1. The summed E-state index contributed by atoms with van der Waals surface area (Å²) in [6.07, 6.45) is 1.33. The van der Waals surface area contributed by atoms with E-state index in [-0.39, 0.29) is 23.1 Å². The quantitative estimate of drug-likeness (QED) is 0.367. The number of nitrogens with zero attached hydrogens (tertiary/aromatic N) is 2. The summed E-state index contributed by atoms with van der Waals surface area (Å²) in [7, 11) is 1.40. The number of hydrogen-bond acceptors (Lipinski definition) is 6. The molecule has 0 radical (unpaired) electrons. The lowest BCUT2D eigenvalue weighted by molar-refractivity contribution is -0.384. The molecule has 8 heteroatoms. The maximum Gasteiger partial charge on any atom is 0.273 e. The van der Waals surface area contributed by atoms with E-state index in [1.165, 1.54) is 31.4 Å². The molecule has 2 rings (SSSR count). The molecule has 26 heavy (non-hydrogen) atoms. The van der Waals surface area contributed by atoms with Crippen LogP contribution in [0.2, 0.25) is 0 Å². The fourth-order valence-corrected chi connectivity index (χ4v) is 2.20. The summed E-state index contributed by atoms with van der Waals surface area (Å²) in [4.78, 5) is 22.3. The van der Waals surface area contributed by atoms with E-state index in [1.807, 2.05) is 6.07 Å². The van der Waals surface area contributed by atoms with Gasteiger partial charge in [-0.05, 0) is 32.0 Å². The second-order valence-corrected chi connectivity index (χ2v) is 5.64. The van der Waals surface area contributed by atoms with Crippen LogP contribution in [0.4, 0.5) is 5.69 Å². The summed E-state index contributed by atoms with van der Waals surface area (Å²) in [6.45, 7) is 3.58. The Morgan fingerprint density at radius 1 is 1.38 bits per heavy atom. The number of methoxy groups -OCH3 is 1. The molecule has 134 valence electrons. The highest BCUT2D eigenvalue weighted by molar-refractivity contribution is 6.01. The minimum absolute atomic E-state index is 0.0877. The van der Waals surface area contributed by atoms with Gasteiger partial charge in [-0.25, -0.2) is 0 Å². The highest BCUT2D eigenvalue weighted by Gasteiger charge is 2.16. The van der Waals surface area contributed by atoms with E-state index in [4.69, 9.17) is 14.4 Å². The van der Waals surface area contributed by atoms with E-state index < -0.39 is 10.8 Å². The molecule has 8 nitrogen and oxygen atoms in total. The third-order valence-corrected chi connectivity index (χ3v) is 3.36. The van der Waals surface area contributed by atoms with Crippen LogP contribution in [0.1, 0.15) is 19.6 Å². The lowest BCUT2D eigenvalue weighted by Gasteiger charge is -2.06. The van der Waals surface area contributed by atoms with Gasteiger partial charge in [0.25, 0.3) is 11.6 Å². The Hall–Kier alpha value is -3.60. The van der Waals surface area contributed by atoms with Gasteiger partial charge in [0.2, 0.25) is 0 Å². The Morgan fingerprint density at radius 2 is 2.12 bits per heavy atom. The summed E-state index contributed by atoms with van der Waals surface area (Å²) in [6, 6.07) is 9.11. The van der Waals surface area contributed by atoms with Gasteiger partial charge in [0.15, 0.2) is 0 Å². The number of carbonyl (C=O) groups excluding carboxylic acids is 1. The number of hydrogen-bond donors (Lipinski definition) is 1. The molecular formula is C18H17N3O5. The predicted molar refractivity (Wildman–Crippen MR) is 94.2 cm³/mol. The summed E-state index contributed by atoms with van der Waals surface area (Å²) in [5.41, 5.74) is 0.326. The SMILES string of the molecule is COc1cc([N+](=O)[O-])ccc1-c1ccc(/C=C(/C#N)C(=O)NC(C)C)o1. The van der Waals surface area contributed by atoms with Crippen molar-refractivity contribution in [3.63, 3.8) is 0 Å². The van der Waals surface area contributed by atoms with Crippen LogP contribution in [-0.4, -0.2) is 24.0 Å². The smallest absolute Gasteiger partial charge is 0.273 e. The van der Waals surface area contributed by atoms with Crippen LogP contribution in [0, 0.1) is 21.4 Å². The van der Waals surface area contributed by atoms with Crippen molar-refractivity contribution < 1.29 is 18.9 Å². The number of amides is 1. The average molecular weight is 355 g/mol. The first-order valence-electron chi connectivity index (χ1n) is 7.71. The van der Waals surface area contributed by atoms with Crippen molar-refractivity contribution in [3.05, 3.63) is 51.8 Å². The first-order valence-corrected chi connectivity index (χ1v) is 7.71. The largest absolute Gasteiger partial charge is 0.496 e. The highest BCUT2D eigenvalue weighted by Crippen LogP contribution is 2.34. The van der Waals surface area contributed by atoms with Crippen molar-refractivity contribution in [1.29, 1.82) is 5.26 Å². The molecule has 0 unspecified atom stereocenters. The van der Waals surface area contributed by atoms with Crippen molar-refractivity contribution >= 4 is 17.7 Å². The zero-order valence-electron chi connectivity index (χ0n) is 14.5. The van der Waals surface area contributed by atoms with Crippen LogP contribution < -0.4 is 10.1 Å². The molecule has 0 saturated carbocycles. The van der Waals surface area contributed by atoms with Gasteiger partial charge < -0.3 is 14.5 Å². The number of nitriles is 1. The third-order valence-electron chi connectivity index (χ3n) is 3.36. The molecule has 0 spiro atoms. The molecule has 0 atom stereocenters. The minimum Gasteiger partial charge on any atom is -0.496 e. The fourth-order valence-electron chi connectivity index (χ4n) is 2.20. The van der Waals surface area contributed by atoms with Gasteiger partial charge in [-0.2, -0.15) is 5.26 Å². The Balaban J connectivity index is 2.35. The number of rotatable bonds is 6. The first kappa shape index (κ1) is 18.7. The van der Waals surface area contributed by atoms with Gasteiger partial charge in [-0.1, -0.05) is 0 Å². The van der Waals surface area contributed by atoms with Gasteiger partial charge >= 0.3 is 0 Å². The highest BCUT2D eigenvalue weighted by atomic mass is 16.6. The van der Waals surface area contributed by atoms with Crippen molar-refractivity contribution in [3.8, 4) is 23.1 Å². The number of benzene rings is 1. The van der Waals surface area contributed by atoms with E-state index in [9.17, 15) is 14.9 Å². The summed E-state index contributed by atoms with van der Waals surface area (Å²) in [5.74, 6) is 0.482. The first-order chi connectivity index (χ1) is 12.3. The molecule has 1 amide bonds. The van der Waals surface area contributed by atoms with Crippen LogP contribution >= 0.6 is 0 Å². The normalized spacial score (nSPS) is 11.1. The molecule has 0 aliphatic heterocycles. The van der Waals surface area contributed by atoms with E-state index in [1.54, 1.807) is 26.0 Å².